The topological polar surface area (TPSA) is 83.2 Å². The molecule has 1 N–H and O–H groups in total. The first-order chi connectivity index (χ1) is 14.8. The van der Waals surface area contributed by atoms with Gasteiger partial charge in [-0.2, -0.15) is 0 Å². The number of likely N-dealkylation sites (N-methyl/N-ethyl adjacent to an activating group) is 1. The van der Waals surface area contributed by atoms with E-state index in [1.54, 1.807) is 31.2 Å². The molecule has 2 heterocycles. The molecular weight excluding hydrogens is 396 g/mol. The third-order valence-corrected chi connectivity index (χ3v) is 5.73. The minimum absolute atomic E-state index is 0.0165. The van der Waals surface area contributed by atoms with Gasteiger partial charge in [0.05, 0.1) is 18.2 Å². The number of carbonyl (C=O) groups is 2. The average molecular weight is 427 g/mol. The van der Waals surface area contributed by atoms with Crippen LogP contribution in [0.2, 0.25) is 0 Å². The molecule has 1 fully saturated rings. The molecule has 0 spiro atoms. The standard InChI is InChI=1S/C24H30N2O5/c1-6-25(7-2)12-13-26-21(19-11-9-16(4)31-19)20(23(28)24(26)29)22(27)17-14-15(3)8-10-18(17)30-5/h8-11,14,21,27H,6-7,12-13H2,1-5H3/b22-20+. The average Bonchev–Trinajstić information content (AvgIpc) is 3.29. The van der Waals surface area contributed by atoms with Gasteiger partial charge in [0.15, 0.2) is 0 Å². The van der Waals surface area contributed by atoms with Crippen molar-refractivity contribution in [2.24, 2.45) is 0 Å². The molecule has 7 heteroatoms. The lowest BCUT2D eigenvalue weighted by Gasteiger charge is -2.26. The van der Waals surface area contributed by atoms with Crippen LogP contribution in [0.5, 0.6) is 5.75 Å². The second-order valence-corrected chi connectivity index (χ2v) is 7.67. The number of furan rings is 1. The van der Waals surface area contributed by atoms with Crippen molar-refractivity contribution in [3.05, 3.63) is 58.6 Å². The lowest BCUT2D eigenvalue weighted by atomic mass is 9.98. The van der Waals surface area contributed by atoms with Gasteiger partial charge in [0.2, 0.25) is 0 Å². The van der Waals surface area contributed by atoms with Crippen LogP contribution < -0.4 is 4.74 Å². The molecule has 1 aliphatic heterocycles. The van der Waals surface area contributed by atoms with Crippen LogP contribution in [0.1, 0.15) is 42.5 Å². The molecule has 0 aliphatic carbocycles. The molecule has 3 rings (SSSR count). The van der Waals surface area contributed by atoms with Crippen LogP contribution in [0.3, 0.4) is 0 Å². The zero-order valence-corrected chi connectivity index (χ0v) is 18.8. The number of benzene rings is 1. The summed E-state index contributed by atoms with van der Waals surface area (Å²) in [6.07, 6.45) is 0. The van der Waals surface area contributed by atoms with E-state index in [0.717, 1.165) is 18.7 Å². The van der Waals surface area contributed by atoms with Crippen molar-refractivity contribution in [1.82, 2.24) is 9.80 Å². The molecule has 2 aromatic rings. The summed E-state index contributed by atoms with van der Waals surface area (Å²) in [5.74, 6) is -0.0870. The number of aliphatic hydroxyl groups excluding tert-OH is 1. The highest BCUT2D eigenvalue weighted by molar-refractivity contribution is 6.46. The molecular formula is C24H30N2O5. The molecule has 0 saturated carbocycles. The lowest BCUT2D eigenvalue weighted by Crippen LogP contribution is -2.37. The van der Waals surface area contributed by atoms with Crippen molar-refractivity contribution < 1.29 is 23.8 Å². The first kappa shape index (κ1) is 22.6. The number of ether oxygens (including phenoxy) is 1. The summed E-state index contributed by atoms with van der Waals surface area (Å²) in [4.78, 5) is 29.7. The Labute approximate surface area is 182 Å². The predicted octanol–water partition coefficient (Wildman–Crippen LogP) is 3.67. The van der Waals surface area contributed by atoms with Crippen LogP contribution >= 0.6 is 0 Å². The van der Waals surface area contributed by atoms with Gasteiger partial charge < -0.3 is 24.1 Å². The van der Waals surface area contributed by atoms with Crippen LogP contribution in [-0.4, -0.2) is 59.9 Å². The Hall–Kier alpha value is -3.06. The van der Waals surface area contributed by atoms with Crippen molar-refractivity contribution in [2.75, 3.05) is 33.3 Å². The summed E-state index contributed by atoms with van der Waals surface area (Å²) in [5.41, 5.74) is 1.28. The maximum Gasteiger partial charge on any atom is 0.295 e. The van der Waals surface area contributed by atoms with Crippen molar-refractivity contribution in [2.45, 2.75) is 33.7 Å². The first-order valence-electron chi connectivity index (χ1n) is 10.5. The fourth-order valence-corrected chi connectivity index (χ4v) is 3.95. The molecule has 1 atom stereocenters. The Kier molecular flexibility index (Phi) is 6.85. The monoisotopic (exact) mass is 426 g/mol. The number of aryl methyl sites for hydroxylation is 2. The van der Waals surface area contributed by atoms with Crippen LogP contribution in [0.15, 0.2) is 40.3 Å². The lowest BCUT2D eigenvalue weighted by molar-refractivity contribution is -0.140. The summed E-state index contributed by atoms with van der Waals surface area (Å²) in [5, 5.41) is 11.2. The fourth-order valence-electron chi connectivity index (χ4n) is 3.95. The van der Waals surface area contributed by atoms with Gasteiger partial charge in [-0.3, -0.25) is 9.59 Å². The van der Waals surface area contributed by atoms with Crippen LogP contribution in [0, 0.1) is 13.8 Å². The molecule has 0 bridgehead atoms. The summed E-state index contributed by atoms with van der Waals surface area (Å²) >= 11 is 0. The molecule has 31 heavy (non-hydrogen) atoms. The maximum absolute atomic E-state index is 13.1. The second kappa shape index (κ2) is 9.39. The maximum atomic E-state index is 13.1. The van der Waals surface area contributed by atoms with E-state index in [4.69, 9.17) is 9.15 Å². The zero-order chi connectivity index (χ0) is 22.7. The normalized spacial score (nSPS) is 18.3. The molecule has 1 amide bonds. The number of nitrogens with zero attached hydrogens (tertiary/aromatic N) is 2. The zero-order valence-electron chi connectivity index (χ0n) is 18.8. The van der Waals surface area contributed by atoms with E-state index < -0.39 is 17.7 Å². The van der Waals surface area contributed by atoms with Crippen LogP contribution in [0.25, 0.3) is 5.76 Å². The first-order valence-corrected chi connectivity index (χ1v) is 10.5. The van der Waals surface area contributed by atoms with Gasteiger partial charge in [0.25, 0.3) is 11.7 Å². The van der Waals surface area contributed by atoms with E-state index in [-0.39, 0.29) is 11.3 Å². The Morgan fingerprint density at radius 2 is 1.87 bits per heavy atom. The molecule has 1 saturated heterocycles. The number of aliphatic hydroxyl groups is 1. The van der Waals surface area contributed by atoms with Crippen LogP contribution in [0.4, 0.5) is 0 Å². The van der Waals surface area contributed by atoms with Gasteiger partial charge in [-0.05, 0) is 51.2 Å². The van der Waals surface area contributed by atoms with Gasteiger partial charge in [-0.15, -0.1) is 0 Å². The number of hydrogen-bond acceptors (Lipinski definition) is 6. The SMILES string of the molecule is CCN(CC)CCN1C(=O)C(=O)/C(=C(/O)c2cc(C)ccc2OC)C1c1ccc(C)o1. The largest absolute Gasteiger partial charge is 0.507 e. The van der Waals surface area contributed by atoms with Gasteiger partial charge in [0.1, 0.15) is 29.1 Å². The third-order valence-electron chi connectivity index (χ3n) is 5.73. The predicted molar refractivity (Wildman–Crippen MR) is 118 cm³/mol. The van der Waals surface area contributed by atoms with E-state index in [1.807, 2.05) is 13.0 Å². The van der Waals surface area contributed by atoms with Gasteiger partial charge >= 0.3 is 0 Å². The van der Waals surface area contributed by atoms with E-state index in [9.17, 15) is 14.7 Å². The number of likely N-dealkylation sites (tertiary alicyclic amines) is 1. The van der Waals surface area contributed by atoms with E-state index >= 15 is 0 Å². The summed E-state index contributed by atoms with van der Waals surface area (Å²) < 4.78 is 11.2. The summed E-state index contributed by atoms with van der Waals surface area (Å²) in [6, 6.07) is 8.06. The minimum atomic E-state index is -0.797. The molecule has 166 valence electrons. The van der Waals surface area contributed by atoms with Crippen LogP contribution in [-0.2, 0) is 9.59 Å². The van der Waals surface area contributed by atoms with E-state index in [2.05, 4.69) is 18.7 Å². The molecule has 0 radical (unpaired) electrons. The number of Topliss-reactive ketones (excluding diaryl/α,β-unsaturated/α-hetero) is 1. The second-order valence-electron chi connectivity index (χ2n) is 7.67. The van der Waals surface area contributed by atoms with Gasteiger partial charge in [-0.25, -0.2) is 0 Å². The van der Waals surface area contributed by atoms with Crippen molar-refractivity contribution in [3.8, 4) is 5.75 Å². The van der Waals surface area contributed by atoms with E-state index in [1.165, 1.54) is 12.0 Å². The highest BCUT2D eigenvalue weighted by Crippen LogP contribution is 2.41. The fraction of sp³-hybridized carbons (Fsp3) is 0.417. The summed E-state index contributed by atoms with van der Waals surface area (Å²) in [6.45, 7) is 10.4. The quantitative estimate of drug-likeness (QED) is 0.394. The number of amides is 1. The Morgan fingerprint density at radius 1 is 1.16 bits per heavy atom. The number of carbonyl (C=O) groups excluding carboxylic acids is 2. The van der Waals surface area contributed by atoms with Gasteiger partial charge in [-0.1, -0.05) is 25.5 Å². The Morgan fingerprint density at radius 3 is 2.45 bits per heavy atom. The minimum Gasteiger partial charge on any atom is -0.507 e. The van der Waals surface area contributed by atoms with Crippen molar-refractivity contribution >= 4 is 17.4 Å². The number of methoxy groups -OCH3 is 1. The smallest absolute Gasteiger partial charge is 0.295 e. The molecule has 1 aromatic carbocycles. The van der Waals surface area contributed by atoms with Crippen molar-refractivity contribution in [3.63, 3.8) is 0 Å². The number of hydrogen-bond donors (Lipinski definition) is 1. The number of ketones is 1. The third kappa shape index (κ3) is 4.37. The molecule has 7 nitrogen and oxygen atoms in total. The Balaban J connectivity index is 2.13. The summed E-state index contributed by atoms with van der Waals surface area (Å²) in [7, 11) is 1.50. The molecule has 1 unspecified atom stereocenters. The van der Waals surface area contributed by atoms with Gasteiger partial charge in [0, 0.05) is 13.1 Å². The highest BCUT2D eigenvalue weighted by Gasteiger charge is 2.47. The highest BCUT2D eigenvalue weighted by atomic mass is 16.5. The molecule has 1 aliphatic rings. The Bertz CT molecular complexity index is 1000. The van der Waals surface area contributed by atoms with Crippen molar-refractivity contribution in [1.29, 1.82) is 0 Å². The van der Waals surface area contributed by atoms with E-state index in [0.29, 0.717) is 35.9 Å². The number of rotatable bonds is 8. The molecule has 1 aromatic heterocycles.